The van der Waals surface area contributed by atoms with Crippen molar-refractivity contribution >= 4 is 56.2 Å². The molecular weight excluding hydrogens is 505 g/mol. The highest BCUT2D eigenvalue weighted by molar-refractivity contribution is 7.92. The van der Waals surface area contributed by atoms with Gasteiger partial charge >= 0.3 is 5.97 Å². The van der Waals surface area contributed by atoms with E-state index < -0.39 is 43.9 Å². The number of carbonyl (C=O) groups excluding carboxylic acids is 2. The first kappa shape index (κ1) is 24.1. The minimum Gasteiger partial charge on any atom is -0.477 e. The lowest BCUT2D eigenvalue weighted by Crippen LogP contribution is -2.43. The number of rotatable bonds is 5. The SMILES string of the molecule is CC(C)(c1cccc(Cl)c1)S(=O)(=O)c1ccc(F)c(N2C(=O)Cc3csc(C(=O)O)c3C2=O)c1. The second kappa shape index (κ2) is 8.30. The van der Waals surface area contributed by atoms with E-state index in [-0.39, 0.29) is 27.3 Å². The molecule has 34 heavy (non-hydrogen) atoms. The van der Waals surface area contributed by atoms with E-state index in [4.69, 9.17) is 11.6 Å². The molecule has 4 rings (SSSR count). The number of benzene rings is 2. The third-order valence-electron chi connectivity index (χ3n) is 5.73. The fraction of sp³-hybridized carbons (Fsp3) is 0.174. The first-order valence-corrected chi connectivity index (χ1v) is 12.6. The smallest absolute Gasteiger partial charge is 0.346 e. The zero-order valence-corrected chi connectivity index (χ0v) is 20.2. The molecular formula is C23H17ClFNO6S2. The Balaban J connectivity index is 1.83. The summed E-state index contributed by atoms with van der Waals surface area (Å²) in [5.74, 6) is -4.17. The molecule has 0 unspecified atom stereocenters. The molecule has 11 heteroatoms. The normalized spacial score (nSPS) is 14.3. The van der Waals surface area contributed by atoms with Crippen molar-refractivity contribution in [2.24, 2.45) is 0 Å². The molecule has 1 aliphatic heterocycles. The Hall–Kier alpha value is -3.08. The summed E-state index contributed by atoms with van der Waals surface area (Å²) in [6.07, 6.45) is -0.324. The summed E-state index contributed by atoms with van der Waals surface area (Å²) in [5.41, 5.74) is -0.139. The van der Waals surface area contributed by atoms with Crippen LogP contribution in [0, 0.1) is 5.82 Å². The van der Waals surface area contributed by atoms with Crippen molar-refractivity contribution in [3.8, 4) is 0 Å². The van der Waals surface area contributed by atoms with Gasteiger partial charge in [0.2, 0.25) is 5.91 Å². The highest BCUT2D eigenvalue weighted by Gasteiger charge is 2.41. The highest BCUT2D eigenvalue weighted by atomic mass is 35.5. The van der Waals surface area contributed by atoms with Gasteiger partial charge in [0.05, 0.1) is 27.3 Å². The zero-order valence-electron chi connectivity index (χ0n) is 17.8. The Kier molecular flexibility index (Phi) is 5.87. The summed E-state index contributed by atoms with van der Waals surface area (Å²) in [4.78, 5) is 37.3. The number of halogens is 2. The standard InChI is InChI=1S/C23H17ClFNO6S2/c1-23(2,13-4-3-5-14(24)9-13)34(31,32)15-6-7-16(25)17(10-15)26-18(27)8-12-11-33-20(22(29)30)19(12)21(26)28/h3-7,9-11H,8H2,1-2H3,(H,29,30). The maximum atomic E-state index is 14.9. The number of hydrogen-bond acceptors (Lipinski definition) is 6. The van der Waals surface area contributed by atoms with E-state index in [1.165, 1.54) is 25.3 Å². The third kappa shape index (κ3) is 3.71. The Bertz CT molecular complexity index is 1480. The highest BCUT2D eigenvalue weighted by Crippen LogP contribution is 2.39. The number of aromatic carboxylic acids is 1. The number of carbonyl (C=O) groups is 3. The van der Waals surface area contributed by atoms with Crippen molar-refractivity contribution in [1.82, 2.24) is 0 Å². The number of hydrogen-bond donors (Lipinski definition) is 1. The molecule has 0 radical (unpaired) electrons. The van der Waals surface area contributed by atoms with Crippen LogP contribution in [0.1, 0.15) is 45.0 Å². The Morgan fingerprint density at radius 2 is 1.88 bits per heavy atom. The predicted octanol–water partition coefficient (Wildman–Crippen LogP) is 4.68. The van der Waals surface area contributed by atoms with Crippen molar-refractivity contribution in [1.29, 1.82) is 0 Å². The number of imide groups is 1. The van der Waals surface area contributed by atoms with Crippen LogP contribution in [0.15, 0.2) is 52.7 Å². The average Bonchev–Trinajstić information content (AvgIpc) is 3.19. The van der Waals surface area contributed by atoms with E-state index in [2.05, 4.69) is 0 Å². The second-order valence-corrected chi connectivity index (χ2v) is 11.9. The molecule has 176 valence electrons. The molecule has 3 aromatic rings. The molecule has 0 saturated heterocycles. The summed E-state index contributed by atoms with van der Waals surface area (Å²) in [7, 11) is -4.16. The number of fused-ring (bicyclic) bond motifs is 1. The minimum absolute atomic E-state index is 0.205. The van der Waals surface area contributed by atoms with E-state index in [0.717, 1.165) is 29.5 Å². The number of thiophene rings is 1. The first-order valence-electron chi connectivity index (χ1n) is 9.87. The first-order chi connectivity index (χ1) is 15.9. The van der Waals surface area contributed by atoms with Gasteiger partial charge in [0.1, 0.15) is 10.7 Å². The molecule has 2 aromatic carbocycles. The number of carboxylic acid groups (broad SMARTS) is 1. The summed E-state index contributed by atoms with van der Waals surface area (Å²) in [6, 6.07) is 9.14. The number of nitrogens with zero attached hydrogens (tertiary/aromatic N) is 1. The molecule has 0 spiro atoms. The van der Waals surface area contributed by atoms with Gasteiger partial charge in [0.15, 0.2) is 9.84 Å². The van der Waals surface area contributed by atoms with Gasteiger partial charge in [0.25, 0.3) is 5.91 Å². The summed E-state index contributed by atoms with van der Waals surface area (Å²) in [5, 5.41) is 11.1. The van der Waals surface area contributed by atoms with Crippen LogP contribution in [-0.4, -0.2) is 31.3 Å². The third-order valence-corrected chi connectivity index (χ3v) is 9.44. The number of carboxylic acids is 1. The molecule has 0 bridgehead atoms. The Morgan fingerprint density at radius 3 is 2.53 bits per heavy atom. The van der Waals surface area contributed by atoms with E-state index in [0.29, 0.717) is 15.5 Å². The zero-order chi connectivity index (χ0) is 25.0. The molecule has 1 N–H and O–H groups in total. The molecule has 2 amide bonds. The molecule has 7 nitrogen and oxygen atoms in total. The van der Waals surface area contributed by atoms with Crippen molar-refractivity contribution in [3.05, 3.63) is 80.3 Å². The fourth-order valence-corrected chi connectivity index (χ4v) is 6.40. The Morgan fingerprint density at radius 1 is 1.18 bits per heavy atom. The Labute approximate surface area is 203 Å². The molecule has 0 fully saturated rings. The van der Waals surface area contributed by atoms with Gasteiger partial charge in [-0.3, -0.25) is 9.59 Å². The van der Waals surface area contributed by atoms with Gasteiger partial charge in [-0.1, -0.05) is 23.7 Å². The quantitative estimate of drug-likeness (QED) is 0.386. The maximum Gasteiger partial charge on any atom is 0.346 e. The molecule has 1 aliphatic rings. The van der Waals surface area contributed by atoms with Crippen LogP contribution in [-0.2, 0) is 25.8 Å². The van der Waals surface area contributed by atoms with Crippen LogP contribution in [0.4, 0.5) is 10.1 Å². The van der Waals surface area contributed by atoms with Crippen LogP contribution in [0.3, 0.4) is 0 Å². The van der Waals surface area contributed by atoms with Crippen molar-refractivity contribution in [2.45, 2.75) is 29.9 Å². The van der Waals surface area contributed by atoms with Crippen molar-refractivity contribution < 1.29 is 32.3 Å². The lowest BCUT2D eigenvalue weighted by atomic mass is 10.0. The van der Waals surface area contributed by atoms with Gasteiger partial charge in [-0.15, -0.1) is 11.3 Å². The van der Waals surface area contributed by atoms with Crippen LogP contribution in [0.2, 0.25) is 5.02 Å². The number of amides is 2. The summed E-state index contributed by atoms with van der Waals surface area (Å²) in [6.45, 7) is 2.93. The molecule has 0 aliphatic carbocycles. The van der Waals surface area contributed by atoms with Gasteiger partial charge in [0, 0.05) is 5.02 Å². The van der Waals surface area contributed by atoms with Crippen LogP contribution < -0.4 is 4.90 Å². The second-order valence-electron chi connectivity index (χ2n) is 8.12. The topological polar surface area (TPSA) is 109 Å². The lowest BCUT2D eigenvalue weighted by Gasteiger charge is -2.28. The van der Waals surface area contributed by atoms with Gasteiger partial charge in [-0.25, -0.2) is 22.5 Å². The van der Waals surface area contributed by atoms with Gasteiger partial charge in [-0.2, -0.15) is 0 Å². The van der Waals surface area contributed by atoms with Gasteiger partial charge in [-0.05, 0) is 60.7 Å². The van der Waals surface area contributed by atoms with Gasteiger partial charge < -0.3 is 5.11 Å². The molecule has 1 aromatic heterocycles. The monoisotopic (exact) mass is 521 g/mol. The fourth-order valence-electron chi connectivity index (χ4n) is 3.77. The van der Waals surface area contributed by atoms with E-state index in [9.17, 15) is 32.3 Å². The molecule has 0 atom stereocenters. The van der Waals surface area contributed by atoms with Crippen molar-refractivity contribution in [2.75, 3.05) is 4.90 Å². The minimum atomic E-state index is -4.16. The summed E-state index contributed by atoms with van der Waals surface area (Å²) < 4.78 is 40.5. The van der Waals surface area contributed by atoms with Crippen LogP contribution in [0.25, 0.3) is 0 Å². The van der Waals surface area contributed by atoms with Crippen molar-refractivity contribution in [3.63, 3.8) is 0 Å². The largest absolute Gasteiger partial charge is 0.477 e. The van der Waals surface area contributed by atoms with E-state index in [1.807, 2.05) is 0 Å². The number of sulfone groups is 1. The van der Waals surface area contributed by atoms with Crippen LogP contribution >= 0.6 is 22.9 Å². The molecule has 0 saturated carbocycles. The van der Waals surface area contributed by atoms with E-state index >= 15 is 0 Å². The predicted molar refractivity (Wildman–Crippen MR) is 125 cm³/mol. The summed E-state index contributed by atoms with van der Waals surface area (Å²) >= 11 is 6.82. The van der Waals surface area contributed by atoms with E-state index in [1.54, 1.807) is 18.2 Å². The molecule has 2 heterocycles. The number of anilines is 1. The maximum absolute atomic E-state index is 14.9. The average molecular weight is 522 g/mol. The lowest BCUT2D eigenvalue weighted by molar-refractivity contribution is -0.117. The van der Waals surface area contributed by atoms with Crippen LogP contribution in [0.5, 0.6) is 0 Å².